The van der Waals surface area contributed by atoms with E-state index in [0.29, 0.717) is 0 Å². The van der Waals surface area contributed by atoms with Crippen molar-refractivity contribution in [3.05, 3.63) is 16.1 Å². The van der Waals surface area contributed by atoms with Crippen LogP contribution < -0.4 is 5.32 Å². The molecule has 0 amide bonds. The number of aromatic nitrogens is 1. The van der Waals surface area contributed by atoms with Gasteiger partial charge in [-0.25, -0.2) is 4.98 Å². The molecule has 2 heterocycles. The molecule has 29 heavy (non-hydrogen) atoms. The van der Waals surface area contributed by atoms with Gasteiger partial charge in [-0.05, 0) is 32.9 Å². The molecule has 9 heteroatoms. The van der Waals surface area contributed by atoms with E-state index in [1.807, 2.05) is 14.0 Å². The minimum absolute atomic E-state index is 0. The van der Waals surface area contributed by atoms with E-state index in [2.05, 4.69) is 49.3 Å². The number of guanidine groups is 1. The highest BCUT2D eigenvalue weighted by Gasteiger charge is 2.15. The van der Waals surface area contributed by atoms with Crippen molar-refractivity contribution >= 4 is 41.3 Å². The molecule has 0 aliphatic carbocycles. The zero-order valence-electron chi connectivity index (χ0n) is 18.7. The van der Waals surface area contributed by atoms with Crippen molar-refractivity contribution in [2.24, 2.45) is 4.99 Å². The Labute approximate surface area is 197 Å². The number of nitrogens with one attached hydrogen (secondary N) is 1. The minimum Gasteiger partial charge on any atom is -0.375 e. The lowest BCUT2D eigenvalue weighted by Crippen LogP contribution is -2.46. The van der Waals surface area contributed by atoms with Crippen molar-refractivity contribution in [3.63, 3.8) is 0 Å². The quantitative estimate of drug-likeness (QED) is 0.214. The Morgan fingerprint density at radius 2 is 2.00 bits per heavy atom. The van der Waals surface area contributed by atoms with Gasteiger partial charge in [0.1, 0.15) is 11.1 Å². The number of thiazole rings is 1. The number of unbranched alkanes of at least 4 members (excludes halogenated alkanes) is 1. The molecular formula is C20H39IN6OS. The van der Waals surface area contributed by atoms with E-state index in [4.69, 9.17) is 4.74 Å². The van der Waals surface area contributed by atoms with Gasteiger partial charge in [0.25, 0.3) is 0 Å². The number of methoxy groups -OCH3 is 1. The van der Waals surface area contributed by atoms with Gasteiger partial charge < -0.3 is 24.8 Å². The molecule has 1 atom stereocenters. The van der Waals surface area contributed by atoms with Crippen LogP contribution in [0.2, 0.25) is 0 Å². The van der Waals surface area contributed by atoms with E-state index in [9.17, 15) is 0 Å². The third-order valence-electron chi connectivity index (χ3n) is 5.34. The summed E-state index contributed by atoms with van der Waals surface area (Å²) in [6, 6.07) is 0. The second-order valence-electron chi connectivity index (χ2n) is 7.37. The number of nitrogens with zero attached hydrogens (tertiary/aromatic N) is 5. The van der Waals surface area contributed by atoms with Crippen LogP contribution in [0.15, 0.2) is 10.4 Å². The van der Waals surface area contributed by atoms with Gasteiger partial charge in [0, 0.05) is 59.3 Å². The summed E-state index contributed by atoms with van der Waals surface area (Å²) in [7, 11) is 5.61. The molecule has 0 radical (unpaired) electrons. The summed E-state index contributed by atoms with van der Waals surface area (Å²) in [5.74, 6) is 0.922. The summed E-state index contributed by atoms with van der Waals surface area (Å²) in [6.45, 7) is 13.2. The minimum atomic E-state index is 0. The van der Waals surface area contributed by atoms with Crippen LogP contribution in [0.1, 0.15) is 43.5 Å². The predicted molar refractivity (Wildman–Crippen MR) is 134 cm³/mol. The third kappa shape index (κ3) is 9.04. The second-order valence-corrected chi connectivity index (χ2v) is 8.26. The fraction of sp³-hybridized carbons (Fsp3) is 0.800. The van der Waals surface area contributed by atoms with E-state index in [1.165, 1.54) is 45.7 Å². The van der Waals surface area contributed by atoms with E-state index in [0.717, 1.165) is 36.2 Å². The predicted octanol–water partition coefficient (Wildman–Crippen LogP) is 2.89. The maximum absolute atomic E-state index is 5.35. The van der Waals surface area contributed by atoms with Crippen LogP contribution in [0.5, 0.6) is 0 Å². The molecule has 0 saturated carbocycles. The number of rotatable bonds is 10. The Morgan fingerprint density at radius 1 is 1.31 bits per heavy atom. The molecule has 0 spiro atoms. The third-order valence-corrected chi connectivity index (χ3v) is 6.39. The van der Waals surface area contributed by atoms with Crippen LogP contribution in [0.25, 0.3) is 0 Å². The highest BCUT2D eigenvalue weighted by Crippen LogP contribution is 2.20. The Hall–Kier alpha value is -0.490. The lowest BCUT2D eigenvalue weighted by Gasteiger charge is -2.34. The van der Waals surface area contributed by atoms with Crippen molar-refractivity contribution in [1.29, 1.82) is 0 Å². The van der Waals surface area contributed by atoms with Gasteiger partial charge in [-0.15, -0.1) is 35.3 Å². The smallest absolute Gasteiger partial charge is 0.193 e. The molecule has 0 bridgehead atoms. The summed E-state index contributed by atoms with van der Waals surface area (Å²) < 4.78 is 5.35. The molecule has 1 aromatic rings. The number of piperazine rings is 1. The fourth-order valence-electron chi connectivity index (χ4n) is 3.38. The molecule has 7 nitrogen and oxygen atoms in total. The normalized spacial score (nSPS) is 17.1. The molecule has 0 aromatic carbocycles. The zero-order chi connectivity index (χ0) is 20.4. The monoisotopic (exact) mass is 538 g/mol. The maximum atomic E-state index is 5.35. The molecule has 1 saturated heterocycles. The van der Waals surface area contributed by atoms with Crippen molar-refractivity contribution in [3.8, 4) is 0 Å². The van der Waals surface area contributed by atoms with Gasteiger partial charge in [-0.3, -0.25) is 4.99 Å². The lowest BCUT2D eigenvalue weighted by atomic mass is 10.2. The van der Waals surface area contributed by atoms with Crippen LogP contribution in [-0.4, -0.2) is 92.7 Å². The Morgan fingerprint density at radius 3 is 2.62 bits per heavy atom. The van der Waals surface area contributed by atoms with Gasteiger partial charge in [-0.2, -0.15) is 0 Å². The molecule has 1 aliphatic heterocycles. The van der Waals surface area contributed by atoms with Gasteiger partial charge >= 0.3 is 0 Å². The van der Waals surface area contributed by atoms with Crippen LogP contribution in [0.4, 0.5) is 0 Å². The van der Waals surface area contributed by atoms with E-state index < -0.39 is 0 Å². The number of likely N-dealkylation sites (N-methyl/N-ethyl adjacent to an activating group) is 1. The first-order valence-corrected chi connectivity index (χ1v) is 11.3. The van der Waals surface area contributed by atoms with Crippen LogP contribution in [0.3, 0.4) is 0 Å². The maximum Gasteiger partial charge on any atom is 0.193 e. The summed E-state index contributed by atoms with van der Waals surface area (Å²) in [4.78, 5) is 16.3. The average Bonchev–Trinajstić information content (AvgIpc) is 3.18. The Kier molecular flexibility index (Phi) is 13.3. The lowest BCUT2D eigenvalue weighted by molar-refractivity contribution is 0.119. The fourth-order valence-corrected chi connectivity index (χ4v) is 4.22. The Bertz CT molecular complexity index is 591. The molecule has 1 fully saturated rings. The summed E-state index contributed by atoms with van der Waals surface area (Å²) in [5.41, 5.74) is 1.06. The summed E-state index contributed by atoms with van der Waals surface area (Å²) in [6.07, 6.45) is 2.43. The summed E-state index contributed by atoms with van der Waals surface area (Å²) >= 11 is 1.65. The summed E-state index contributed by atoms with van der Waals surface area (Å²) in [5, 5.41) is 6.61. The Balaban J connectivity index is 0.00000420. The van der Waals surface area contributed by atoms with Gasteiger partial charge in [0.05, 0.1) is 12.2 Å². The SMILES string of the molecule is CCN1CCN(CCCCNC(=NC)N(C)Cc2csc(C(C)OC)n2)CC1.I. The van der Waals surface area contributed by atoms with Crippen LogP contribution in [-0.2, 0) is 11.3 Å². The van der Waals surface area contributed by atoms with Crippen molar-refractivity contribution in [2.45, 2.75) is 39.3 Å². The highest BCUT2D eigenvalue weighted by atomic mass is 127. The molecule has 1 aliphatic rings. The highest BCUT2D eigenvalue weighted by molar-refractivity contribution is 14.0. The standard InChI is InChI=1S/C20H38N6OS.HI/c1-6-25-11-13-26(14-12-25)10-8-7-9-22-20(21-3)24(4)15-18-16-28-19(23-18)17(2)27-5;/h16-17H,6-15H2,1-5H3,(H,21,22);1H. The molecule has 2 rings (SSSR count). The first-order valence-electron chi connectivity index (χ1n) is 10.4. The van der Waals surface area contributed by atoms with Crippen molar-refractivity contribution in [1.82, 2.24) is 25.0 Å². The number of hydrogen-bond acceptors (Lipinski definition) is 6. The molecular weight excluding hydrogens is 499 g/mol. The van der Waals surface area contributed by atoms with E-state index in [-0.39, 0.29) is 30.1 Å². The van der Waals surface area contributed by atoms with Gasteiger partial charge in [0.2, 0.25) is 0 Å². The first-order chi connectivity index (χ1) is 13.6. The van der Waals surface area contributed by atoms with E-state index >= 15 is 0 Å². The van der Waals surface area contributed by atoms with Gasteiger partial charge in [0.15, 0.2) is 5.96 Å². The largest absolute Gasteiger partial charge is 0.375 e. The van der Waals surface area contributed by atoms with Crippen LogP contribution in [0, 0.1) is 0 Å². The van der Waals surface area contributed by atoms with Gasteiger partial charge in [-0.1, -0.05) is 6.92 Å². The second kappa shape index (κ2) is 14.5. The number of ether oxygens (including phenoxy) is 1. The number of aliphatic imine (C=N–C) groups is 1. The number of hydrogen-bond donors (Lipinski definition) is 1. The average molecular weight is 539 g/mol. The molecule has 1 aromatic heterocycles. The van der Waals surface area contributed by atoms with Crippen molar-refractivity contribution in [2.75, 3.05) is 67.0 Å². The first kappa shape index (κ1) is 26.5. The molecule has 1 unspecified atom stereocenters. The van der Waals surface area contributed by atoms with Crippen molar-refractivity contribution < 1.29 is 4.74 Å². The number of halogens is 1. The van der Waals surface area contributed by atoms with E-state index in [1.54, 1.807) is 18.4 Å². The molecule has 1 N–H and O–H groups in total. The van der Waals surface area contributed by atoms with Crippen LogP contribution >= 0.6 is 35.3 Å². The zero-order valence-corrected chi connectivity index (χ0v) is 21.8. The molecule has 168 valence electrons. The topological polar surface area (TPSA) is 56.2 Å².